The maximum Gasteiger partial charge on any atom is 0.224 e. The minimum atomic E-state index is 0.0943. The van der Waals surface area contributed by atoms with E-state index in [2.05, 4.69) is 24.2 Å². The highest BCUT2D eigenvalue weighted by molar-refractivity contribution is 5.95. The van der Waals surface area contributed by atoms with Gasteiger partial charge in [-0.15, -0.1) is 0 Å². The largest absolute Gasteiger partial charge is 0.397 e. The van der Waals surface area contributed by atoms with E-state index in [-0.39, 0.29) is 5.91 Å². The average Bonchev–Trinajstić information content (AvgIpc) is 2.38. The highest BCUT2D eigenvalue weighted by atomic mass is 16.1. The fraction of sp³-hybridized carbons (Fsp3) is 0.533. The molecule has 1 amide bonds. The van der Waals surface area contributed by atoms with Gasteiger partial charge in [0, 0.05) is 25.7 Å². The lowest BCUT2D eigenvalue weighted by Gasteiger charge is -2.25. The molecule has 0 aromatic heterocycles. The normalized spacial score (nSPS) is 13.9. The number of amides is 1. The second-order valence-corrected chi connectivity index (χ2v) is 5.25. The fourth-order valence-corrected chi connectivity index (χ4v) is 2.49. The molecule has 1 aromatic rings. The number of unbranched alkanes of at least 4 members (excludes halogenated alkanes) is 2. The quantitative estimate of drug-likeness (QED) is 0.633. The SMILES string of the molecule is CCCCCN(C)c1cc2c(cc1N)CCC(=O)N2. The average molecular weight is 261 g/mol. The molecule has 0 spiro atoms. The zero-order valence-electron chi connectivity index (χ0n) is 11.8. The molecular weight excluding hydrogens is 238 g/mol. The number of nitrogens with one attached hydrogen (secondary N) is 1. The van der Waals surface area contributed by atoms with Crippen LogP contribution >= 0.6 is 0 Å². The van der Waals surface area contributed by atoms with Gasteiger partial charge in [0.25, 0.3) is 0 Å². The van der Waals surface area contributed by atoms with Gasteiger partial charge in [0.15, 0.2) is 0 Å². The van der Waals surface area contributed by atoms with Crippen LogP contribution in [0, 0.1) is 0 Å². The monoisotopic (exact) mass is 261 g/mol. The number of anilines is 3. The summed E-state index contributed by atoms with van der Waals surface area (Å²) in [6.45, 7) is 3.19. The Labute approximate surface area is 115 Å². The maximum absolute atomic E-state index is 11.4. The molecular formula is C15H23N3O. The van der Waals surface area contributed by atoms with Gasteiger partial charge in [0.2, 0.25) is 5.91 Å². The summed E-state index contributed by atoms with van der Waals surface area (Å²) in [5.41, 5.74) is 10.0. The minimum absolute atomic E-state index is 0.0943. The zero-order valence-corrected chi connectivity index (χ0v) is 11.8. The molecule has 0 unspecified atom stereocenters. The Morgan fingerprint density at radius 1 is 1.32 bits per heavy atom. The van der Waals surface area contributed by atoms with E-state index in [4.69, 9.17) is 5.73 Å². The van der Waals surface area contributed by atoms with Crippen LogP contribution in [0.15, 0.2) is 12.1 Å². The Balaban J connectivity index is 2.16. The number of benzene rings is 1. The third-order valence-corrected chi connectivity index (χ3v) is 3.66. The summed E-state index contributed by atoms with van der Waals surface area (Å²) in [6.07, 6.45) is 4.94. The molecule has 0 atom stereocenters. The molecule has 4 heteroatoms. The van der Waals surface area contributed by atoms with Gasteiger partial charge in [-0.25, -0.2) is 0 Å². The van der Waals surface area contributed by atoms with Gasteiger partial charge < -0.3 is 16.0 Å². The van der Waals surface area contributed by atoms with E-state index in [1.165, 1.54) is 12.8 Å². The molecule has 1 heterocycles. The molecule has 104 valence electrons. The first kappa shape index (κ1) is 13.7. The summed E-state index contributed by atoms with van der Waals surface area (Å²) in [6, 6.07) is 4.01. The number of fused-ring (bicyclic) bond motifs is 1. The molecule has 1 aromatic carbocycles. The first-order valence-corrected chi connectivity index (χ1v) is 7.05. The summed E-state index contributed by atoms with van der Waals surface area (Å²) in [5.74, 6) is 0.0943. The van der Waals surface area contributed by atoms with Gasteiger partial charge in [-0.2, -0.15) is 0 Å². The van der Waals surface area contributed by atoms with Crippen molar-refractivity contribution in [2.75, 3.05) is 29.5 Å². The van der Waals surface area contributed by atoms with Gasteiger partial charge in [-0.1, -0.05) is 19.8 Å². The van der Waals surface area contributed by atoms with E-state index in [0.717, 1.165) is 42.0 Å². The molecule has 19 heavy (non-hydrogen) atoms. The first-order valence-electron chi connectivity index (χ1n) is 7.05. The van der Waals surface area contributed by atoms with Gasteiger partial charge in [0.1, 0.15) is 0 Å². The minimum Gasteiger partial charge on any atom is -0.397 e. The number of nitrogens with two attached hydrogens (primary N) is 1. The molecule has 4 nitrogen and oxygen atoms in total. The maximum atomic E-state index is 11.4. The predicted molar refractivity (Wildman–Crippen MR) is 80.6 cm³/mol. The standard InChI is InChI=1S/C15H23N3O/c1-3-4-5-8-18(2)14-10-13-11(9-12(14)16)6-7-15(19)17-13/h9-10H,3-8,16H2,1-2H3,(H,17,19). The second-order valence-electron chi connectivity index (χ2n) is 5.25. The Morgan fingerprint density at radius 2 is 2.11 bits per heavy atom. The summed E-state index contributed by atoms with van der Waals surface area (Å²) >= 11 is 0. The van der Waals surface area contributed by atoms with E-state index in [0.29, 0.717) is 6.42 Å². The lowest BCUT2D eigenvalue weighted by Crippen LogP contribution is -2.23. The predicted octanol–water partition coefficient (Wildman–Crippen LogP) is 2.78. The number of nitrogen functional groups attached to an aromatic ring is 1. The lowest BCUT2D eigenvalue weighted by atomic mass is 10.0. The van der Waals surface area contributed by atoms with Gasteiger partial charge in [0.05, 0.1) is 11.4 Å². The third-order valence-electron chi connectivity index (χ3n) is 3.66. The van der Waals surface area contributed by atoms with Crippen molar-refractivity contribution in [3.05, 3.63) is 17.7 Å². The third kappa shape index (κ3) is 3.19. The van der Waals surface area contributed by atoms with E-state index < -0.39 is 0 Å². The van der Waals surface area contributed by atoms with Crippen LogP contribution in [0.4, 0.5) is 17.1 Å². The van der Waals surface area contributed by atoms with Gasteiger partial charge in [-0.3, -0.25) is 4.79 Å². The van der Waals surface area contributed by atoms with Crippen molar-refractivity contribution in [1.82, 2.24) is 0 Å². The van der Waals surface area contributed by atoms with Crippen LogP contribution in [0.5, 0.6) is 0 Å². The molecule has 0 bridgehead atoms. The van der Waals surface area contributed by atoms with Crippen LogP contribution in [0.2, 0.25) is 0 Å². The van der Waals surface area contributed by atoms with Crippen molar-refractivity contribution in [2.24, 2.45) is 0 Å². The zero-order chi connectivity index (χ0) is 13.8. The number of rotatable bonds is 5. The second kappa shape index (κ2) is 5.95. The number of hydrogen-bond donors (Lipinski definition) is 2. The number of carbonyl (C=O) groups is 1. The van der Waals surface area contributed by atoms with Crippen molar-refractivity contribution in [1.29, 1.82) is 0 Å². The van der Waals surface area contributed by atoms with E-state index in [1.807, 2.05) is 12.1 Å². The molecule has 0 aliphatic carbocycles. The van der Waals surface area contributed by atoms with Gasteiger partial charge in [-0.05, 0) is 30.5 Å². The molecule has 0 fully saturated rings. The summed E-state index contributed by atoms with van der Waals surface area (Å²) in [7, 11) is 2.05. The van der Waals surface area contributed by atoms with E-state index in [9.17, 15) is 4.79 Å². The van der Waals surface area contributed by atoms with Crippen LogP contribution < -0.4 is 16.0 Å². The highest BCUT2D eigenvalue weighted by Gasteiger charge is 2.17. The Morgan fingerprint density at radius 3 is 2.84 bits per heavy atom. The summed E-state index contributed by atoms with van der Waals surface area (Å²) in [5, 5.41) is 2.93. The summed E-state index contributed by atoms with van der Waals surface area (Å²) in [4.78, 5) is 13.6. The van der Waals surface area contributed by atoms with E-state index >= 15 is 0 Å². The molecule has 0 radical (unpaired) electrons. The Hall–Kier alpha value is -1.71. The molecule has 3 N–H and O–H groups in total. The number of aryl methyl sites for hydroxylation is 1. The van der Waals surface area contributed by atoms with Crippen LogP contribution in [-0.2, 0) is 11.2 Å². The molecule has 0 saturated carbocycles. The van der Waals surface area contributed by atoms with Crippen LogP contribution in [0.25, 0.3) is 0 Å². The highest BCUT2D eigenvalue weighted by Crippen LogP contribution is 2.32. The van der Waals surface area contributed by atoms with Crippen molar-refractivity contribution < 1.29 is 4.79 Å². The molecule has 1 aliphatic rings. The van der Waals surface area contributed by atoms with Gasteiger partial charge >= 0.3 is 0 Å². The lowest BCUT2D eigenvalue weighted by molar-refractivity contribution is -0.116. The Bertz CT molecular complexity index is 471. The number of carbonyl (C=O) groups excluding carboxylic acids is 1. The summed E-state index contributed by atoms with van der Waals surface area (Å²) < 4.78 is 0. The fourth-order valence-electron chi connectivity index (χ4n) is 2.49. The smallest absolute Gasteiger partial charge is 0.224 e. The van der Waals surface area contributed by atoms with E-state index in [1.54, 1.807) is 0 Å². The van der Waals surface area contributed by atoms with Crippen molar-refractivity contribution >= 4 is 23.0 Å². The topological polar surface area (TPSA) is 58.4 Å². The van der Waals surface area contributed by atoms with Crippen LogP contribution in [0.1, 0.15) is 38.2 Å². The molecule has 0 saturated heterocycles. The molecule has 2 rings (SSSR count). The molecule has 1 aliphatic heterocycles. The van der Waals surface area contributed by atoms with Crippen molar-refractivity contribution in [3.8, 4) is 0 Å². The van der Waals surface area contributed by atoms with Crippen molar-refractivity contribution in [3.63, 3.8) is 0 Å². The van der Waals surface area contributed by atoms with Crippen LogP contribution in [0.3, 0.4) is 0 Å². The first-order chi connectivity index (χ1) is 9.11. The number of hydrogen-bond acceptors (Lipinski definition) is 3. The van der Waals surface area contributed by atoms with Crippen molar-refractivity contribution in [2.45, 2.75) is 39.0 Å². The number of nitrogens with zero attached hydrogens (tertiary/aromatic N) is 1. The Kier molecular flexibility index (Phi) is 4.30. The van der Waals surface area contributed by atoms with Crippen LogP contribution in [-0.4, -0.2) is 19.5 Å².